The molecule has 0 radical (unpaired) electrons. The lowest BCUT2D eigenvalue weighted by atomic mass is 10.3. The zero-order valence-corrected chi connectivity index (χ0v) is 15.7. The number of aromatic nitrogens is 1. The van der Waals surface area contributed by atoms with Gasteiger partial charge in [-0.05, 0) is 19.9 Å². The van der Waals surface area contributed by atoms with Gasteiger partial charge in [0.05, 0.1) is 17.2 Å². The molecule has 1 fully saturated rings. The summed E-state index contributed by atoms with van der Waals surface area (Å²) in [5.41, 5.74) is 1.08. The number of rotatable bonds is 6. The maximum Gasteiger partial charge on any atom is 0.236 e. The highest BCUT2D eigenvalue weighted by Gasteiger charge is 2.17. The summed E-state index contributed by atoms with van der Waals surface area (Å²) in [7, 11) is 1.99. The molecule has 22 heavy (non-hydrogen) atoms. The van der Waals surface area contributed by atoms with Crippen LogP contribution in [-0.4, -0.2) is 60.5 Å². The Labute approximate surface area is 149 Å². The minimum Gasteiger partial charge on any atom is -0.339 e. The first kappa shape index (κ1) is 21.6. The van der Waals surface area contributed by atoms with Crippen molar-refractivity contribution in [1.82, 2.24) is 20.1 Å². The molecule has 1 amide bonds. The lowest BCUT2D eigenvalue weighted by Crippen LogP contribution is -2.49. The van der Waals surface area contributed by atoms with Gasteiger partial charge in [-0.25, -0.2) is 4.98 Å². The van der Waals surface area contributed by atoms with Crippen LogP contribution in [-0.2, 0) is 17.8 Å². The minimum absolute atomic E-state index is 0. The summed E-state index contributed by atoms with van der Waals surface area (Å²) in [6.45, 7) is 6.84. The Bertz CT molecular complexity index is 438. The van der Waals surface area contributed by atoms with Crippen molar-refractivity contribution in [3.8, 4) is 0 Å². The zero-order valence-electron chi connectivity index (χ0n) is 13.2. The Morgan fingerprint density at radius 2 is 2.09 bits per heavy atom. The van der Waals surface area contributed by atoms with Crippen LogP contribution >= 0.6 is 36.2 Å². The van der Waals surface area contributed by atoms with Crippen LogP contribution in [0.15, 0.2) is 5.38 Å². The molecule has 2 heterocycles. The highest BCUT2D eigenvalue weighted by Crippen LogP contribution is 2.13. The van der Waals surface area contributed by atoms with Crippen LogP contribution in [0.25, 0.3) is 0 Å². The third kappa shape index (κ3) is 6.79. The van der Waals surface area contributed by atoms with Crippen molar-refractivity contribution in [2.75, 3.05) is 39.8 Å². The number of carbonyl (C=O) groups excluding carboxylic acids is 1. The normalized spacial score (nSPS) is 14.4. The number of hydrogen-bond donors (Lipinski definition) is 1. The van der Waals surface area contributed by atoms with Crippen LogP contribution < -0.4 is 5.32 Å². The lowest BCUT2D eigenvalue weighted by molar-refractivity contribution is -0.132. The van der Waals surface area contributed by atoms with E-state index in [0.29, 0.717) is 6.54 Å². The highest BCUT2D eigenvalue weighted by atomic mass is 35.5. The average Bonchev–Trinajstić information content (AvgIpc) is 2.87. The number of hydrogen-bond acceptors (Lipinski definition) is 5. The second-order valence-corrected chi connectivity index (χ2v) is 6.23. The van der Waals surface area contributed by atoms with Gasteiger partial charge in [0.25, 0.3) is 0 Å². The summed E-state index contributed by atoms with van der Waals surface area (Å²) in [5, 5.41) is 6.57. The lowest BCUT2D eigenvalue weighted by Gasteiger charge is -2.29. The molecule has 0 bridgehead atoms. The smallest absolute Gasteiger partial charge is 0.236 e. The van der Waals surface area contributed by atoms with Gasteiger partial charge in [0.1, 0.15) is 0 Å². The van der Waals surface area contributed by atoms with E-state index in [4.69, 9.17) is 0 Å². The first-order valence-electron chi connectivity index (χ1n) is 7.29. The molecule has 5 nitrogen and oxygen atoms in total. The van der Waals surface area contributed by atoms with Gasteiger partial charge in [0, 0.05) is 38.1 Å². The van der Waals surface area contributed by atoms with E-state index in [1.54, 1.807) is 11.3 Å². The van der Waals surface area contributed by atoms with Gasteiger partial charge >= 0.3 is 0 Å². The van der Waals surface area contributed by atoms with E-state index in [1.165, 1.54) is 5.01 Å². The van der Waals surface area contributed by atoms with Crippen LogP contribution in [0.4, 0.5) is 0 Å². The molecule has 0 aromatic carbocycles. The van der Waals surface area contributed by atoms with Crippen molar-refractivity contribution in [3.05, 3.63) is 16.1 Å². The number of aryl methyl sites for hydroxylation is 1. The molecule has 0 saturated carbocycles. The Hall–Kier alpha value is -0.400. The molecule has 1 aromatic heterocycles. The molecule has 8 heteroatoms. The van der Waals surface area contributed by atoms with Crippen molar-refractivity contribution in [1.29, 1.82) is 0 Å². The first-order chi connectivity index (χ1) is 9.69. The van der Waals surface area contributed by atoms with Gasteiger partial charge in [-0.3, -0.25) is 9.69 Å². The largest absolute Gasteiger partial charge is 0.339 e. The second-order valence-electron chi connectivity index (χ2n) is 5.29. The number of halogens is 2. The minimum atomic E-state index is 0. The van der Waals surface area contributed by atoms with E-state index in [9.17, 15) is 4.79 Å². The molecule has 128 valence electrons. The Kier molecular flexibility index (Phi) is 11.0. The Morgan fingerprint density at radius 3 is 2.73 bits per heavy atom. The molecular weight excluding hydrogens is 343 g/mol. The van der Waals surface area contributed by atoms with Crippen molar-refractivity contribution in [3.63, 3.8) is 0 Å². The predicted octanol–water partition coefficient (Wildman–Crippen LogP) is 1.80. The van der Waals surface area contributed by atoms with Gasteiger partial charge in [0.2, 0.25) is 5.91 Å². The third-order valence-corrected chi connectivity index (χ3v) is 4.33. The van der Waals surface area contributed by atoms with Crippen molar-refractivity contribution in [2.24, 2.45) is 0 Å². The van der Waals surface area contributed by atoms with E-state index in [-0.39, 0.29) is 30.7 Å². The standard InChI is InChI=1S/C14H24N4OS.2ClH/c1-3-4-13-16-12(11-20-13)9-17(2)10-14(19)18-7-5-15-6-8-18;;/h11,15H,3-10H2,1-2H3;2*1H. The molecule has 1 aromatic rings. The van der Waals surface area contributed by atoms with Gasteiger partial charge in [-0.1, -0.05) is 6.92 Å². The number of nitrogens with one attached hydrogen (secondary N) is 1. The number of nitrogens with zero attached hydrogens (tertiary/aromatic N) is 3. The number of likely N-dealkylation sites (N-methyl/N-ethyl adjacent to an activating group) is 1. The molecule has 1 saturated heterocycles. The van der Waals surface area contributed by atoms with E-state index in [2.05, 4.69) is 27.5 Å². The summed E-state index contributed by atoms with van der Waals surface area (Å²) in [5.74, 6) is 0.220. The molecule has 0 atom stereocenters. The van der Waals surface area contributed by atoms with Crippen molar-refractivity contribution < 1.29 is 4.79 Å². The molecule has 1 aliphatic rings. The third-order valence-electron chi connectivity index (χ3n) is 3.37. The summed E-state index contributed by atoms with van der Waals surface area (Å²) >= 11 is 1.72. The summed E-state index contributed by atoms with van der Waals surface area (Å²) < 4.78 is 0. The van der Waals surface area contributed by atoms with E-state index < -0.39 is 0 Å². The summed E-state index contributed by atoms with van der Waals surface area (Å²) in [6, 6.07) is 0. The van der Waals surface area contributed by atoms with E-state index >= 15 is 0 Å². The molecule has 0 aliphatic carbocycles. The quantitative estimate of drug-likeness (QED) is 0.831. The maximum atomic E-state index is 12.1. The van der Waals surface area contributed by atoms with Gasteiger partial charge < -0.3 is 10.2 Å². The molecular formula is C14H26Cl2N4OS. The fourth-order valence-electron chi connectivity index (χ4n) is 2.33. The summed E-state index contributed by atoms with van der Waals surface area (Å²) in [6.07, 6.45) is 2.18. The monoisotopic (exact) mass is 368 g/mol. The number of piperazine rings is 1. The van der Waals surface area contributed by atoms with Crippen LogP contribution in [0.1, 0.15) is 24.0 Å². The van der Waals surface area contributed by atoms with E-state index in [1.807, 2.05) is 11.9 Å². The van der Waals surface area contributed by atoms with Crippen molar-refractivity contribution >= 4 is 42.1 Å². The molecule has 1 aliphatic heterocycles. The highest BCUT2D eigenvalue weighted by molar-refractivity contribution is 7.09. The van der Waals surface area contributed by atoms with E-state index in [0.717, 1.165) is 51.3 Å². The van der Waals surface area contributed by atoms with Gasteiger partial charge in [0.15, 0.2) is 0 Å². The van der Waals surface area contributed by atoms with Crippen molar-refractivity contribution in [2.45, 2.75) is 26.3 Å². The van der Waals surface area contributed by atoms with Gasteiger partial charge in [-0.2, -0.15) is 0 Å². The van der Waals surface area contributed by atoms with Gasteiger partial charge in [-0.15, -0.1) is 36.2 Å². The number of carbonyl (C=O) groups is 1. The molecule has 1 N–H and O–H groups in total. The maximum absolute atomic E-state index is 12.1. The van der Waals surface area contributed by atoms with Crippen LogP contribution in [0.2, 0.25) is 0 Å². The first-order valence-corrected chi connectivity index (χ1v) is 8.17. The number of amides is 1. The van der Waals surface area contributed by atoms with Crippen LogP contribution in [0.3, 0.4) is 0 Å². The fourth-order valence-corrected chi connectivity index (χ4v) is 3.22. The van der Waals surface area contributed by atoms with Crippen LogP contribution in [0, 0.1) is 0 Å². The topological polar surface area (TPSA) is 48.5 Å². The molecule has 2 rings (SSSR count). The SMILES string of the molecule is CCCc1nc(CN(C)CC(=O)N2CCNCC2)cs1.Cl.Cl. The molecule has 0 unspecified atom stereocenters. The Morgan fingerprint density at radius 1 is 1.41 bits per heavy atom. The fraction of sp³-hybridized carbons (Fsp3) is 0.714. The number of thiazole rings is 1. The Balaban J connectivity index is 0.00000220. The molecule has 0 spiro atoms. The summed E-state index contributed by atoms with van der Waals surface area (Å²) in [4.78, 5) is 20.7. The second kappa shape index (κ2) is 11.2. The average molecular weight is 369 g/mol. The van der Waals surface area contributed by atoms with Crippen LogP contribution in [0.5, 0.6) is 0 Å². The zero-order chi connectivity index (χ0) is 14.4. The predicted molar refractivity (Wildman–Crippen MR) is 96.4 cm³/mol.